The molecule has 2 aliphatic rings. The third kappa shape index (κ3) is 1.79. The van der Waals surface area contributed by atoms with E-state index < -0.39 is 0 Å². The molecule has 0 aromatic carbocycles. The van der Waals surface area contributed by atoms with Crippen LogP contribution >= 0.6 is 0 Å². The molecule has 0 N–H and O–H groups in total. The van der Waals surface area contributed by atoms with Crippen molar-refractivity contribution in [2.45, 2.75) is 12.8 Å². The second-order valence-electron chi connectivity index (χ2n) is 3.33. The Morgan fingerprint density at radius 1 is 0.714 bits per heavy atom. The smallest absolute Gasteiger partial charge is 0.159 e. The molecule has 0 saturated heterocycles. The van der Waals surface area contributed by atoms with Crippen LogP contribution in [0, 0.1) is 0 Å². The van der Waals surface area contributed by atoms with Gasteiger partial charge in [0.05, 0.1) is 0 Å². The summed E-state index contributed by atoms with van der Waals surface area (Å²) in [6.45, 7) is 0. The summed E-state index contributed by atoms with van der Waals surface area (Å²) in [5.41, 5.74) is 2.07. The van der Waals surface area contributed by atoms with Gasteiger partial charge in [-0.05, 0) is 23.3 Å². The summed E-state index contributed by atoms with van der Waals surface area (Å²) in [7, 11) is 0. The van der Waals surface area contributed by atoms with Gasteiger partial charge in [-0.15, -0.1) is 0 Å². The average Bonchev–Trinajstić information content (AvgIpc) is 2.21. The molecule has 0 fully saturated rings. The number of carbonyl (C=O) groups is 2. The van der Waals surface area contributed by atoms with Crippen LogP contribution in [0.4, 0.5) is 0 Å². The van der Waals surface area contributed by atoms with Crippen molar-refractivity contribution in [1.29, 1.82) is 0 Å². The first kappa shape index (κ1) is 8.88. The largest absolute Gasteiger partial charge is 0.295 e. The summed E-state index contributed by atoms with van der Waals surface area (Å²) >= 11 is 0. The molecule has 0 aromatic heterocycles. The molecule has 0 unspecified atom stereocenters. The lowest BCUT2D eigenvalue weighted by Crippen LogP contribution is -2.01. The minimum absolute atomic E-state index is 0.130. The maximum atomic E-state index is 10.9. The van der Waals surface area contributed by atoms with Gasteiger partial charge in [0.1, 0.15) is 0 Å². The minimum atomic E-state index is 0.130. The Hall–Kier alpha value is -1.70. The Bertz CT molecular complexity index is 366. The van der Waals surface area contributed by atoms with Gasteiger partial charge in [-0.1, -0.05) is 24.3 Å². The second kappa shape index (κ2) is 3.58. The molecule has 0 amide bonds. The molecule has 70 valence electrons. The fourth-order valence-electron chi connectivity index (χ4n) is 1.49. The standard InChI is InChI=1S/C12H10O2/c13-11-5-1-9(2-6-11)10-3-7-12(14)8-4-10/h1-5,7H,6,8H2. The Kier molecular flexibility index (Phi) is 2.27. The lowest BCUT2D eigenvalue weighted by Gasteiger charge is -2.09. The van der Waals surface area contributed by atoms with E-state index in [2.05, 4.69) is 0 Å². The lowest BCUT2D eigenvalue weighted by atomic mass is 9.95. The van der Waals surface area contributed by atoms with Gasteiger partial charge in [0, 0.05) is 12.8 Å². The highest BCUT2D eigenvalue weighted by molar-refractivity contribution is 5.95. The summed E-state index contributed by atoms with van der Waals surface area (Å²) in [6, 6.07) is 0. The summed E-state index contributed by atoms with van der Waals surface area (Å²) in [5.74, 6) is 0.260. The van der Waals surface area contributed by atoms with Gasteiger partial charge in [0.25, 0.3) is 0 Å². The molecule has 14 heavy (non-hydrogen) atoms. The van der Waals surface area contributed by atoms with Crippen molar-refractivity contribution in [2.24, 2.45) is 0 Å². The van der Waals surface area contributed by atoms with E-state index >= 15 is 0 Å². The fourth-order valence-corrected chi connectivity index (χ4v) is 1.49. The maximum Gasteiger partial charge on any atom is 0.159 e. The van der Waals surface area contributed by atoms with Crippen LogP contribution in [0.15, 0.2) is 47.6 Å². The molecule has 0 bridgehead atoms. The van der Waals surface area contributed by atoms with Crippen LogP contribution < -0.4 is 0 Å². The summed E-state index contributed by atoms with van der Waals surface area (Å²) < 4.78 is 0. The van der Waals surface area contributed by atoms with Gasteiger partial charge in [0.15, 0.2) is 11.6 Å². The molecule has 0 atom stereocenters. The SMILES string of the molecule is O=C1C=CC(C2=CCC(=O)C=C2)=CC1. The highest BCUT2D eigenvalue weighted by Gasteiger charge is 2.09. The number of hydrogen-bond donors (Lipinski definition) is 0. The lowest BCUT2D eigenvalue weighted by molar-refractivity contribution is -0.114. The van der Waals surface area contributed by atoms with Crippen molar-refractivity contribution in [3.8, 4) is 0 Å². The van der Waals surface area contributed by atoms with Crippen LogP contribution in [-0.2, 0) is 9.59 Å². The number of ketones is 2. The van der Waals surface area contributed by atoms with Gasteiger partial charge in [-0.3, -0.25) is 9.59 Å². The topological polar surface area (TPSA) is 34.1 Å². The van der Waals surface area contributed by atoms with Crippen LogP contribution in [-0.4, -0.2) is 11.6 Å². The quantitative estimate of drug-likeness (QED) is 0.626. The zero-order valence-electron chi connectivity index (χ0n) is 7.69. The van der Waals surface area contributed by atoms with Crippen molar-refractivity contribution >= 4 is 11.6 Å². The Morgan fingerprint density at radius 3 is 1.43 bits per heavy atom. The van der Waals surface area contributed by atoms with Gasteiger partial charge in [-0.25, -0.2) is 0 Å². The zero-order valence-corrected chi connectivity index (χ0v) is 7.69. The predicted octanol–water partition coefficient (Wildman–Crippen LogP) is 1.90. The predicted molar refractivity (Wildman–Crippen MR) is 53.7 cm³/mol. The number of allylic oxidation sites excluding steroid dienone is 8. The Labute approximate surface area is 82.3 Å². The molecule has 0 aliphatic heterocycles. The van der Waals surface area contributed by atoms with E-state index in [1.165, 1.54) is 0 Å². The van der Waals surface area contributed by atoms with E-state index in [4.69, 9.17) is 0 Å². The molecule has 2 aliphatic carbocycles. The third-order valence-electron chi connectivity index (χ3n) is 2.28. The van der Waals surface area contributed by atoms with E-state index in [0.29, 0.717) is 12.8 Å². The zero-order chi connectivity index (χ0) is 9.97. The molecule has 0 spiro atoms. The summed E-state index contributed by atoms with van der Waals surface area (Å²) in [4.78, 5) is 21.8. The van der Waals surface area contributed by atoms with Crippen molar-refractivity contribution in [2.75, 3.05) is 0 Å². The second-order valence-corrected chi connectivity index (χ2v) is 3.33. The van der Waals surface area contributed by atoms with Gasteiger partial charge < -0.3 is 0 Å². The van der Waals surface area contributed by atoms with Crippen LogP contribution in [0.3, 0.4) is 0 Å². The number of hydrogen-bond acceptors (Lipinski definition) is 2. The molecule has 2 nitrogen and oxygen atoms in total. The monoisotopic (exact) mass is 186 g/mol. The van der Waals surface area contributed by atoms with Gasteiger partial charge in [0.2, 0.25) is 0 Å². The molecular formula is C12H10O2. The maximum absolute atomic E-state index is 10.9. The van der Waals surface area contributed by atoms with Crippen LogP contribution in [0.1, 0.15) is 12.8 Å². The van der Waals surface area contributed by atoms with Crippen LogP contribution in [0.5, 0.6) is 0 Å². The first-order chi connectivity index (χ1) is 6.75. The van der Waals surface area contributed by atoms with E-state index in [1.807, 2.05) is 12.2 Å². The summed E-state index contributed by atoms with van der Waals surface area (Å²) in [5, 5.41) is 0. The van der Waals surface area contributed by atoms with Gasteiger partial charge >= 0.3 is 0 Å². The molecule has 2 rings (SSSR count). The Morgan fingerprint density at radius 2 is 1.14 bits per heavy atom. The highest BCUT2D eigenvalue weighted by atomic mass is 16.1. The molecule has 0 aromatic rings. The van der Waals surface area contributed by atoms with Gasteiger partial charge in [-0.2, -0.15) is 0 Å². The van der Waals surface area contributed by atoms with Crippen molar-refractivity contribution < 1.29 is 9.59 Å². The van der Waals surface area contributed by atoms with Crippen LogP contribution in [0.2, 0.25) is 0 Å². The van der Waals surface area contributed by atoms with E-state index in [9.17, 15) is 9.59 Å². The molecule has 0 saturated carbocycles. The first-order valence-electron chi connectivity index (χ1n) is 4.58. The van der Waals surface area contributed by atoms with E-state index in [-0.39, 0.29) is 11.6 Å². The molecule has 0 heterocycles. The van der Waals surface area contributed by atoms with Crippen LogP contribution in [0.25, 0.3) is 0 Å². The van der Waals surface area contributed by atoms with Crippen molar-refractivity contribution in [1.82, 2.24) is 0 Å². The number of carbonyl (C=O) groups excluding carboxylic acids is 2. The molecule has 2 heteroatoms. The normalized spacial score (nSPS) is 20.9. The third-order valence-corrected chi connectivity index (χ3v) is 2.28. The summed E-state index contributed by atoms with van der Waals surface area (Å²) in [6.07, 6.45) is 11.5. The average molecular weight is 186 g/mol. The molecule has 0 radical (unpaired) electrons. The fraction of sp³-hybridized carbons (Fsp3) is 0.167. The number of rotatable bonds is 1. The van der Waals surface area contributed by atoms with E-state index in [1.54, 1.807) is 24.3 Å². The molecular weight excluding hydrogens is 176 g/mol. The Balaban J connectivity index is 2.18. The minimum Gasteiger partial charge on any atom is -0.295 e. The van der Waals surface area contributed by atoms with Crippen molar-refractivity contribution in [3.63, 3.8) is 0 Å². The van der Waals surface area contributed by atoms with E-state index in [0.717, 1.165) is 11.1 Å². The first-order valence-corrected chi connectivity index (χ1v) is 4.58. The highest BCUT2D eigenvalue weighted by Crippen LogP contribution is 2.20. The van der Waals surface area contributed by atoms with Crippen molar-refractivity contribution in [3.05, 3.63) is 47.6 Å².